The number of carbonyl (C=O) groups is 1. The number of rotatable bonds is 6. The van der Waals surface area contributed by atoms with Crippen molar-refractivity contribution in [1.29, 1.82) is 0 Å². The molecule has 2 rings (SSSR count). The van der Waals surface area contributed by atoms with E-state index in [0.29, 0.717) is 11.5 Å². The van der Waals surface area contributed by atoms with Gasteiger partial charge in [-0.1, -0.05) is 13.8 Å². The van der Waals surface area contributed by atoms with Crippen molar-refractivity contribution in [2.75, 3.05) is 5.73 Å². The number of carbonyl (C=O) groups excluding carboxylic acids is 1. The van der Waals surface area contributed by atoms with Crippen LogP contribution in [0.2, 0.25) is 0 Å². The summed E-state index contributed by atoms with van der Waals surface area (Å²) < 4.78 is 1.55. The molecule has 0 saturated heterocycles. The molecule has 21 heavy (non-hydrogen) atoms. The lowest BCUT2D eigenvalue weighted by Gasteiger charge is -2.14. The zero-order chi connectivity index (χ0) is 15.2. The molecule has 0 saturated carbocycles. The van der Waals surface area contributed by atoms with Crippen molar-refractivity contribution in [1.82, 2.24) is 20.1 Å². The zero-order valence-electron chi connectivity index (χ0n) is 12.4. The second-order valence-electron chi connectivity index (χ2n) is 4.97. The van der Waals surface area contributed by atoms with E-state index < -0.39 is 0 Å². The minimum Gasteiger partial charge on any atom is -0.399 e. The highest BCUT2D eigenvalue weighted by atomic mass is 16.2. The molecule has 1 aromatic carbocycles. The van der Waals surface area contributed by atoms with Crippen LogP contribution in [0.4, 0.5) is 5.69 Å². The van der Waals surface area contributed by atoms with Crippen LogP contribution in [0, 0.1) is 0 Å². The molecule has 0 atom stereocenters. The smallest absolute Gasteiger partial charge is 0.242 e. The first-order valence-corrected chi connectivity index (χ1v) is 7.17. The van der Waals surface area contributed by atoms with Gasteiger partial charge in [0.2, 0.25) is 5.91 Å². The number of nitrogens with one attached hydrogen (secondary N) is 1. The molecule has 0 aliphatic carbocycles. The van der Waals surface area contributed by atoms with Crippen molar-refractivity contribution in [2.24, 2.45) is 0 Å². The van der Waals surface area contributed by atoms with Crippen molar-refractivity contribution < 1.29 is 4.79 Å². The maximum atomic E-state index is 11.9. The highest BCUT2D eigenvalue weighted by molar-refractivity contribution is 5.76. The maximum absolute atomic E-state index is 11.9. The Morgan fingerprint density at radius 3 is 2.57 bits per heavy atom. The number of amides is 1. The number of hydrogen-bond donors (Lipinski definition) is 2. The molecular weight excluding hydrogens is 266 g/mol. The molecule has 112 valence electrons. The molecule has 0 radical (unpaired) electrons. The Morgan fingerprint density at radius 1 is 1.29 bits per heavy atom. The van der Waals surface area contributed by atoms with Crippen molar-refractivity contribution >= 4 is 11.6 Å². The number of nitrogens with zero attached hydrogens (tertiary/aromatic N) is 3. The first-order chi connectivity index (χ1) is 10.1. The highest BCUT2D eigenvalue weighted by Gasteiger charge is 2.10. The summed E-state index contributed by atoms with van der Waals surface area (Å²) >= 11 is 0. The molecule has 6 nitrogen and oxygen atoms in total. The van der Waals surface area contributed by atoms with E-state index in [9.17, 15) is 4.79 Å². The van der Waals surface area contributed by atoms with Crippen LogP contribution in [0.15, 0.2) is 30.6 Å². The summed E-state index contributed by atoms with van der Waals surface area (Å²) in [7, 11) is 0. The minimum atomic E-state index is -0.0440. The molecule has 0 spiro atoms. The van der Waals surface area contributed by atoms with E-state index in [0.717, 1.165) is 18.4 Å². The van der Waals surface area contributed by atoms with E-state index in [4.69, 9.17) is 5.73 Å². The molecule has 1 aromatic heterocycles. The van der Waals surface area contributed by atoms with E-state index in [2.05, 4.69) is 29.2 Å². The van der Waals surface area contributed by atoms with Gasteiger partial charge in [-0.15, -0.1) is 0 Å². The lowest BCUT2D eigenvalue weighted by molar-refractivity contribution is -0.122. The normalized spacial score (nSPS) is 10.8. The number of benzene rings is 1. The maximum Gasteiger partial charge on any atom is 0.242 e. The molecule has 3 N–H and O–H groups in total. The lowest BCUT2D eigenvalue weighted by Crippen LogP contribution is -2.36. The monoisotopic (exact) mass is 287 g/mol. The Labute approximate surface area is 124 Å². The molecular formula is C15H21N5O. The van der Waals surface area contributed by atoms with E-state index in [-0.39, 0.29) is 18.5 Å². The summed E-state index contributed by atoms with van der Waals surface area (Å²) in [6, 6.07) is 7.54. The first kappa shape index (κ1) is 15.0. The Balaban J connectivity index is 2.00. The van der Waals surface area contributed by atoms with Gasteiger partial charge in [-0.05, 0) is 37.1 Å². The lowest BCUT2D eigenvalue weighted by atomic mass is 10.2. The number of hydrogen-bond acceptors (Lipinski definition) is 4. The summed E-state index contributed by atoms with van der Waals surface area (Å²) in [4.78, 5) is 16.1. The molecule has 0 aliphatic heterocycles. The van der Waals surface area contributed by atoms with Gasteiger partial charge in [-0.2, -0.15) is 5.10 Å². The Kier molecular flexibility index (Phi) is 4.92. The third-order valence-corrected chi connectivity index (χ3v) is 3.36. The summed E-state index contributed by atoms with van der Waals surface area (Å²) in [5.41, 5.74) is 7.22. The molecule has 6 heteroatoms. The average molecular weight is 287 g/mol. The topological polar surface area (TPSA) is 85.8 Å². The van der Waals surface area contributed by atoms with Crippen LogP contribution in [0.5, 0.6) is 0 Å². The fraction of sp³-hybridized carbons (Fsp3) is 0.400. The molecule has 0 bridgehead atoms. The first-order valence-electron chi connectivity index (χ1n) is 7.17. The Morgan fingerprint density at radius 2 is 1.95 bits per heavy atom. The molecule has 1 amide bonds. The van der Waals surface area contributed by atoms with Crippen LogP contribution in [0.1, 0.15) is 26.7 Å². The summed E-state index contributed by atoms with van der Waals surface area (Å²) in [6.07, 6.45) is 3.42. The van der Waals surface area contributed by atoms with Crippen LogP contribution in [0.25, 0.3) is 11.4 Å². The zero-order valence-corrected chi connectivity index (χ0v) is 12.4. The van der Waals surface area contributed by atoms with Gasteiger partial charge in [0, 0.05) is 17.3 Å². The predicted octanol–water partition coefficient (Wildman–Crippen LogP) is 1.83. The van der Waals surface area contributed by atoms with E-state index in [1.165, 1.54) is 0 Å². The predicted molar refractivity (Wildman–Crippen MR) is 82.4 cm³/mol. The quantitative estimate of drug-likeness (QED) is 0.794. The second kappa shape index (κ2) is 6.88. The molecule has 0 unspecified atom stereocenters. The highest BCUT2D eigenvalue weighted by Crippen LogP contribution is 2.15. The number of nitrogens with two attached hydrogens (primary N) is 1. The van der Waals surface area contributed by atoms with Gasteiger partial charge in [0.15, 0.2) is 5.82 Å². The summed E-state index contributed by atoms with van der Waals surface area (Å²) in [6.45, 7) is 4.30. The standard InChI is InChI=1S/C15H21N5O/c1-3-13(4-2)18-14(21)9-20-10-17-15(19-20)11-5-7-12(16)8-6-11/h5-8,10,13H,3-4,9,16H2,1-2H3,(H,18,21). The van der Waals surface area contributed by atoms with Crippen LogP contribution < -0.4 is 11.1 Å². The summed E-state index contributed by atoms with van der Waals surface area (Å²) in [5.74, 6) is 0.544. The van der Waals surface area contributed by atoms with Crippen LogP contribution in [0.3, 0.4) is 0 Å². The van der Waals surface area contributed by atoms with Crippen molar-refractivity contribution in [2.45, 2.75) is 39.3 Å². The number of anilines is 1. The second-order valence-corrected chi connectivity index (χ2v) is 4.97. The fourth-order valence-electron chi connectivity index (χ4n) is 2.05. The van der Waals surface area contributed by atoms with Crippen molar-refractivity contribution in [3.63, 3.8) is 0 Å². The minimum absolute atomic E-state index is 0.0440. The molecule has 2 aromatic rings. The molecule has 0 fully saturated rings. The summed E-state index contributed by atoms with van der Waals surface area (Å²) in [5, 5.41) is 7.29. The fourth-order valence-corrected chi connectivity index (χ4v) is 2.05. The van der Waals surface area contributed by atoms with E-state index in [1.807, 2.05) is 12.1 Å². The van der Waals surface area contributed by atoms with Gasteiger partial charge in [0.25, 0.3) is 0 Å². The van der Waals surface area contributed by atoms with Crippen molar-refractivity contribution in [3.8, 4) is 11.4 Å². The van der Waals surface area contributed by atoms with Crippen LogP contribution in [-0.2, 0) is 11.3 Å². The van der Waals surface area contributed by atoms with Crippen LogP contribution >= 0.6 is 0 Å². The SMILES string of the molecule is CCC(CC)NC(=O)Cn1cnc(-c2ccc(N)cc2)n1. The van der Waals surface area contributed by atoms with Gasteiger partial charge in [-0.3, -0.25) is 4.79 Å². The number of nitrogen functional groups attached to an aromatic ring is 1. The van der Waals surface area contributed by atoms with E-state index >= 15 is 0 Å². The van der Waals surface area contributed by atoms with Crippen molar-refractivity contribution in [3.05, 3.63) is 30.6 Å². The van der Waals surface area contributed by atoms with Crippen LogP contribution in [-0.4, -0.2) is 26.7 Å². The van der Waals surface area contributed by atoms with Gasteiger partial charge in [-0.25, -0.2) is 9.67 Å². The van der Waals surface area contributed by atoms with Gasteiger partial charge in [0.05, 0.1) is 0 Å². The molecule has 0 aliphatic rings. The van der Waals surface area contributed by atoms with Gasteiger partial charge >= 0.3 is 0 Å². The number of aromatic nitrogens is 3. The molecule has 1 heterocycles. The van der Waals surface area contributed by atoms with Gasteiger partial charge < -0.3 is 11.1 Å². The third kappa shape index (κ3) is 4.05. The Hall–Kier alpha value is -2.37. The average Bonchev–Trinajstić information content (AvgIpc) is 2.94. The van der Waals surface area contributed by atoms with E-state index in [1.54, 1.807) is 23.1 Å². The largest absolute Gasteiger partial charge is 0.399 e. The Bertz CT molecular complexity index is 586. The van der Waals surface area contributed by atoms with Gasteiger partial charge in [0.1, 0.15) is 12.9 Å². The third-order valence-electron chi connectivity index (χ3n) is 3.36.